The first-order valence-corrected chi connectivity index (χ1v) is 14.6. The van der Waals surface area contributed by atoms with Crippen LogP contribution in [-0.2, 0) is 16.0 Å². The molecule has 0 bridgehead atoms. The van der Waals surface area contributed by atoms with Crippen molar-refractivity contribution in [3.05, 3.63) is 45.7 Å². The number of nitrogens with one attached hydrogen (secondary N) is 1. The molecule has 2 amide bonds. The number of carbonyl (C=O) groups is 2. The Morgan fingerprint density at radius 3 is 2.48 bits per heavy atom. The number of aromatic nitrogens is 3. The van der Waals surface area contributed by atoms with Crippen LogP contribution in [0.15, 0.2) is 28.8 Å². The number of rotatable bonds is 13. The van der Waals surface area contributed by atoms with Crippen LogP contribution in [0.3, 0.4) is 0 Å². The highest BCUT2D eigenvalue weighted by molar-refractivity contribution is 7.19. The molecule has 3 aromatic rings. The zero-order valence-electron chi connectivity index (χ0n) is 23.4. The van der Waals surface area contributed by atoms with E-state index in [-0.39, 0.29) is 35.8 Å². The predicted octanol–water partition coefficient (Wildman–Crippen LogP) is 3.64. The third-order valence-electron chi connectivity index (χ3n) is 6.93. The number of nitrogens with zero attached hydrogens (tertiary/aromatic N) is 5. The third kappa shape index (κ3) is 7.70. The van der Waals surface area contributed by atoms with Crippen LogP contribution in [0.25, 0.3) is 10.6 Å². The minimum absolute atomic E-state index is 0.0578. The number of carbonyl (C=O) groups excluding carboxylic acids is 2. The van der Waals surface area contributed by atoms with Crippen molar-refractivity contribution in [2.24, 2.45) is 0 Å². The molecule has 1 fully saturated rings. The average Bonchev–Trinajstić information content (AvgIpc) is 3.69. The van der Waals surface area contributed by atoms with E-state index in [1.165, 1.54) is 16.0 Å². The van der Waals surface area contributed by atoms with Crippen molar-refractivity contribution in [1.82, 2.24) is 30.1 Å². The van der Waals surface area contributed by atoms with Gasteiger partial charge in [0, 0.05) is 64.6 Å². The number of piperidine rings is 1. The molecule has 1 saturated heterocycles. The van der Waals surface area contributed by atoms with Crippen LogP contribution in [0.4, 0.5) is 0 Å². The highest BCUT2D eigenvalue weighted by atomic mass is 35.5. The Balaban J connectivity index is 1.56. The summed E-state index contributed by atoms with van der Waals surface area (Å²) in [6.07, 6.45) is 1.74. The van der Waals surface area contributed by atoms with Crippen molar-refractivity contribution in [2.45, 2.75) is 45.3 Å². The van der Waals surface area contributed by atoms with Gasteiger partial charge in [-0.2, -0.15) is 5.10 Å². The van der Waals surface area contributed by atoms with Crippen LogP contribution >= 0.6 is 22.9 Å². The molecule has 4 rings (SSSR count). The summed E-state index contributed by atoms with van der Waals surface area (Å²) in [6.45, 7) is 7.83. The van der Waals surface area contributed by atoms with Crippen molar-refractivity contribution in [3.63, 3.8) is 0 Å². The Morgan fingerprint density at radius 2 is 1.88 bits per heavy atom. The summed E-state index contributed by atoms with van der Waals surface area (Å²) in [7, 11) is 3.17. The van der Waals surface area contributed by atoms with Crippen LogP contribution in [0.5, 0.6) is 0 Å². The number of hydrogen-bond donors (Lipinski definition) is 1. The molecule has 0 spiro atoms. The molecular weight excluding hydrogens is 556 g/mol. The maximum absolute atomic E-state index is 13.7. The summed E-state index contributed by atoms with van der Waals surface area (Å²) in [6, 6.07) is 7.52. The number of thiophene rings is 1. The maximum atomic E-state index is 13.7. The van der Waals surface area contributed by atoms with E-state index in [0.29, 0.717) is 48.1 Å². The van der Waals surface area contributed by atoms with E-state index in [1.807, 2.05) is 6.07 Å². The van der Waals surface area contributed by atoms with Gasteiger partial charge in [-0.15, -0.1) is 11.3 Å². The van der Waals surface area contributed by atoms with Gasteiger partial charge in [0.05, 0.1) is 29.0 Å². The first-order chi connectivity index (χ1) is 19.3. The number of halogens is 1. The van der Waals surface area contributed by atoms with Gasteiger partial charge in [0.1, 0.15) is 11.4 Å². The van der Waals surface area contributed by atoms with Crippen molar-refractivity contribution in [2.75, 3.05) is 53.6 Å². The zero-order valence-corrected chi connectivity index (χ0v) is 25.0. The highest BCUT2D eigenvalue weighted by Gasteiger charge is 2.27. The van der Waals surface area contributed by atoms with Gasteiger partial charge in [0.15, 0.2) is 11.5 Å². The first-order valence-electron chi connectivity index (χ1n) is 13.4. The van der Waals surface area contributed by atoms with E-state index in [4.69, 9.17) is 25.6 Å². The Bertz CT molecular complexity index is 1260. The molecule has 0 aliphatic carbocycles. The minimum Gasteiger partial charge on any atom is -0.383 e. The lowest BCUT2D eigenvalue weighted by Gasteiger charge is -2.34. The predicted molar refractivity (Wildman–Crippen MR) is 153 cm³/mol. The van der Waals surface area contributed by atoms with Gasteiger partial charge in [-0.25, -0.2) is 0 Å². The Hall–Kier alpha value is -2.77. The second-order valence-corrected chi connectivity index (χ2v) is 11.7. The third-order valence-corrected chi connectivity index (χ3v) is 8.18. The molecule has 13 heteroatoms. The summed E-state index contributed by atoms with van der Waals surface area (Å²) < 4.78 is 18.1. The van der Waals surface area contributed by atoms with Crippen molar-refractivity contribution in [3.8, 4) is 10.6 Å². The van der Waals surface area contributed by atoms with E-state index < -0.39 is 0 Å². The molecule has 218 valence electrons. The molecule has 1 aliphatic rings. The second kappa shape index (κ2) is 14.2. The molecule has 0 saturated carbocycles. The molecule has 1 N–H and O–H groups in total. The van der Waals surface area contributed by atoms with Gasteiger partial charge in [0.25, 0.3) is 11.8 Å². The lowest BCUT2D eigenvalue weighted by atomic mass is 10.0. The molecule has 4 heterocycles. The van der Waals surface area contributed by atoms with Crippen LogP contribution in [0.1, 0.15) is 53.4 Å². The largest absolute Gasteiger partial charge is 0.383 e. The number of amides is 2. The van der Waals surface area contributed by atoms with Crippen LogP contribution in [0.2, 0.25) is 4.34 Å². The van der Waals surface area contributed by atoms with Crippen LogP contribution in [-0.4, -0.2) is 102 Å². The van der Waals surface area contributed by atoms with Gasteiger partial charge >= 0.3 is 0 Å². The molecule has 3 aromatic heterocycles. The van der Waals surface area contributed by atoms with Gasteiger partial charge in [-0.05, 0) is 38.8 Å². The lowest BCUT2D eigenvalue weighted by molar-refractivity contribution is 0.0616. The van der Waals surface area contributed by atoms with Crippen molar-refractivity contribution >= 4 is 34.8 Å². The fourth-order valence-electron chi connectivity index (χ4n) is 4.62. The highest BCUT2D eigenvalue weighted by Crippen LogP contribution is 2.31. The Kier molecular flexibility index (Phi) is 10.7. The molecule has 1 aliphatic heterocycles. The van der Waals surface area contributed by atoms with Crippen molar-refractivity contribution < 1.29 is 23.6 Å². The maximum Gasteiger partial charge on any atom is 0.272 e. The van der Waals surface area contributed by atoms with Crippen molar-refractivity contribution in [1.29, 1.82) is 0 Å². The topological polar surface area (TPSA) is 115 Å². The molecule has 0 aromatic carbocycles. The van der Waals surface area contributed by atoms with Gasteiger partial charge in [-0.1, -0.05) is 16.8 Å². The average molecular weight is 593 g/mol. The fourth-order valence-corrected chi connectivity index (χ4v) is 5.61. The van der Waals surface area contributed by atoms with E-state index >= 15 is 0 Å². The SMILES string of the molecule is COCCN(CCOC)C(=O)c1cc(C(=O)NC2CCN(C(C)C)CC2)nn1Cc1cc(-c2ccc(Cl)s2)on1. The number of methoxy groups -OCH3 is 2. The molecular formula is C27H37ClN6O5S. The summed E-state index contributed by atoms with van der Waals surface area (Å²) in [5, 5.41) is 11.8. The molecule has 40 heavy (non-hydrogen) atoms. The summed E-state index contributed by atoms with van der Waals surface area (Å²) in [5.41, 5.74) is 1.02. The first kappa shape index (κ1) is 30.2. The number of likely N-dealkylation sites (tertiary alicyclic amines) is 1. The summed E-state index contributed by atoms with van der Waals surface area (Å²) >= 11 is 7.45. The van der Waals surface area contributed by atoms with E-state index in [9.17, 15) is 9.59 Å². The normalized spacial score (nSPS) is 14.7. The second-order valence-electron chi connectivity index (χ2n) is 10.0. The van der Waals surface area contributed by atoms with Crippen LogP contribution in [0, 0.1) is 0 Å². The molecule has 11 nitrogen and oxygen atoms in total. The van der Waals surface area contributed by atoms with E-state index in [2.05, 4.69) is 34.3 Å². The van der Waals surface area contributed by atoms with Gasteiger partial charge in [0.2, 0.25) is 0 Å². The monoisotopic (exact) mass is 592 g/mol. The van der Waals surface area contributed by atoms with Gasteiger partial charge < -0.3 is 29.1 Å². The quantitative estimate of drug-likeness (QED) is 0.320. The molecule has 0 atom stereocenters. The molecule has 0 unspecified atom stereocenters. The summed E-state index contributed by atoms with van der Waals surface area (Å²) in [4.78, 5) is 31.8. The smallest absolute Gasteiger partial charge is 0.272 e. The standard InChI is InChI=1S/C27H37ClN6O5S/c1-18(2)32-9-7-19(8-10-32)29-26(35)21-16-22(27(36)33(11-13-37-3)12-14-38-4)34(30-21)17-20-15-23(39-31-20)24-5-6-25(28)40-24/h5-6,15-16,18-19H,7-14,17H2,1-4H3,(H,29,35). The van der Waals surface area contributed by atoms with E-state index in [1.54, 1.807) is 37.3 Å². The minimum atomic E-state index is -0.301. The number of hydrogen-bond acceptors (Lipinski definition) is 9. The van der Waals surface area contributed by atoms with E-state index in [0.717, 1.165) is 30.8 Å². The Morgan fingerprint density at radius 1 is 1.18 bits per heavy atom. The fraction of sp³-hybridized carbons (Fsp3) is 0.556. The van der Waals surface area contributed by atoms with Crippen LogP contribution < -0.4 is 5.32 Å². The zero-order chi connectivity index (χ0) is 28.6. The van der Waals surface area contributed by atoms with Gasteiger partial charge in [-0.3, -0.25) is 14.3 Å². The number of ether oxygens (including phenoxy) is 2. The molecule has 0 radical (unpaired) electrons. The summed E-state index contributed by atoms with van der Waals surface area (Å²) in [5.74, 6) is -0.00990. The Labute approximate surface area is 243 Å². The lowest BCUT2D eigenvalue weighted by Crippen LogP contribution is -2.46.